The molecule has 0 bridgehead atoms. The average molecular weight is 277 g/mol. The molecule has 1 aromatic rings. The number of nitrogens with one attached hydrogen (secondary N) is 1. The monoisotopic (exact) mass is 277 g/mol. The number of hydrogen-bond donors (Lipinski definition) is 1. The molecule has 2 atom stereocenters. The molecule has 0 radical (unpaired) electrons. The zero-order chi connectivity index (χ0) is 13.8. The van der Waals surface area contributed by atoms with E-state index in [1.165, 1.54) is 19.3 Å². The highest BCUT2D eigenvalue weighted by molar-refractivity contribution is 5.55. The maximum Gasteiger partial charge on any atom is 0.163 e. The third-order valence-electron chi connectivity index (χ3n) is 4.08. The van der Waals surface area contributed by atoms with Gasteiger partial charge in [0, 0.05) is 31.3 Å². The molecule has 4 nitrogen and oxygen atoms in total. The quantitative estimate of drug-likeness (QED) is 0.921. The van der Waals surface area contributed by atoms with Crippen LogP contribution < -0.4 is 14.8 Å². The van der Waals surface area contributed by atoms with Crippen LogP contribution in [-0.4, -0.2) is 32.5 Å². The number of benzene rings is 1. The Balaban J connectivity index is 1.66. The summed E-state index contributed by atoms with van der Waals surface area (Å²) in [6.07, 6.45) is 6.01. The van der Waals surface area contributed by atoms with Crippen molar-refractivity contribution in [3.05, 3.63) is 18.2 Å². The van der Waals surface area contributed by atoms with Gasteiger partial charge in [0.25, 0.3) is 0 Å². The lowest BCUT2D eigenvalue weighted by atomic mass is 9.92. The van der Waals surface area contributed by atoms with Crippen molar-refractivity contribution < 1.29 is 14.2 Å². The van der Waals surface area contributed by atoms with E-state index >= 15 is 0 Å². The molecule has 1 N–H and O–H groups in total. The predicted molar refractivity (Wildman–Crippen MR) is 78.7 cm³/mol. The zero-order valence-electron chi connectivity index (χ0n) is 12.1. The van der Waals surface area contributed by atoms with Crippen LogP contribution in [0.15, 0.2) is 18.2 Å². The fourth-order valence-corrected chi connectivity index (χ4v) is 2.98. The van der Waals surface area contributed by atoms with E-state index in [9.17, 15) is 0 Å². The van der Waals surface area contributed by atoms with Gasteiger partial charge < -0.3 is 19.5 Å². The van der Waals surface area contributed by atoms with E-state index in [4.69, 9.17) is 14.2 Å². The molecule has 1 saturated carbocycles. The average Bonchev–Trinajstić information content (AvgIpc) is 2.72. The van der Waals surface area contributed by atoms with Crippen LogP contribution in [0.5, 0.6) is 11.5 Å². The molecule has 4 heteroatoms. The van der Waals surface area contributed by atoms with Gasteiger partial charge in [0.2, 0.25) is 0 Å². The lowest BCUT2D eigenvalue weighted by Gasteiger charge is -2.29. The molecule has 2 unspecified atom stereocenters. The molecule has 1 fully saturated rings. The highest BCUT2D eigenvalue weighted by Gasteiger charge is 2.22. The summed E-state index contributed by atoms with van der Waals surface area (Å²) in [5, 5.41) is 3.60. The van der Waals surface area contributed by atoms with Crippen molar-refractivity contribution in [3.63, 3.8) is 0 Å². The van der Waals surface area contributed by atoms with Crippen molar-refractivity contribution in [1.82, 2.24) is 0 Å². The van der Waals surface area contributed by atoms with Gasteiger partial charge in [-0.3, -0.25) is 0 Å². The van der Waals surface area contributed by atoms with Gasteiger partial charge in [0.15, 0.2) is 11.5 Å². The summed E-state index contributed by atoms with van der Waals surface area (Å²) < 4.78 is 16.9. The maximum absolute atomic E-state index is 5.73. The predicted octanol–water partition coefficient (Wildman–Crippen LogP) is 3.22. The topological polar surface area (TPSA) is 39.7 Å². The molecule has 1 aliphatic carbocycles. The molecule has 110 valence electrons. The summed E-state index contributed by atoms with van der Waals surface area (Å²) in [6.45, 7) is 1.46. The zero-order valence-corrected chi connectivity index (χ0v) is 12.1. The number of rotatable bonds is 3. The van der Waals surface area contributed by atoms with Crippen molar-refractivity contribution in [3.8, 4) is 11.5 Å². The lowest BCUT2D eigenvalue weighted by Crippen LogP contribution is -2.30. The first-order valence-corrected chi connectivity index (χ1v) is 7.54. The molecule has 1 aromatic carbocycles. The summed E-state index contributed by atoms with van der Waals surface area (Å²) in [4.78, 5) is 0. The van der Waals surface area contributed by atoms with Crippen molar-refractivity contribution in [2.45, 2.75) is 44.2 Å². The second-order valence-corrected chi connectivity index (χ2v) is 5.58. The van der Waals surface area contributed by atoms with Gasteiger partial charge in [-0.15, -0.1) is 0 Å². The Morgan fingerprint density at radius 3 is 2.80 bits per heavy atom. The number of ether oxygens (including phenoxy) is 3. The van der Waals surface area contributed by atoms with E-state index in [2.05, 4.69) is 17.4 Å². The third kappa shape index (κ3) is 3.18. The fraction of sp³-hybridized carbons (Fsp3) is 0.625. The van der Waals surface area contributed by atoms with Crippen molar-refractivity contribution in [1.29, 1.82) is 0 Å². The molecule has 0 amide bonds. The van der Waals surface area contributed by atoms with Crippen LogP contribution in [0.3, 0.4) is 0 Å². The number of fused-ring (bicyclic) bond motifs is 1. The van der Waals surface area contributed by atoms with Crippen LogP contribution in [0.2, 0.25) is 0 Å². The van der Waals surface area contributed by atoms with Crippen molar-refractivity contribution in [2.75, 3.05) is 25.6 Å². The first-order chi connectivity index (χ1) is 9.85. The first kappa shape index (κ1) is 13.6. The Bertz CT molecular complexity index is 449. The Hall–Kier alpha value is -1.42. The summed E-state index contributed by atoms with van der Waals surface area (Å²) in [5.41, 5.74) is 1.11. The molecule has 0 aromatic heterocycles. The largest absolute Gasteiger partial charge is 0.490 e. The van der Waals surface area contributed by atoms with E-state index in [1.54, 1.807) is 7.11 Å². The Morgan fingerprint density at radius 2 is 1.95 bits per heavy atom. The van der Waals surface area contributed by atoms with Gasteiger partial charge in [-0.1, -0.05) is 0 Å². The molecule has 1 aliphatic heterocycles. The van der Waals surface area contributed by atoms with E-state index < -0.39 is 0 Å². The Morgan fingerprint density at radius 1 is 1.10 bits per heavy atom. The van der Waals surface area contributed by atoms with Crippen LogP contribution in [0, 0.1) is 0 Å². The molecule has 2 aliphatic rings. The molecular formula is C16H23NO3. The summed E-state index contributed by atoms with van der Waals surface area (Å²) in [5.74, 6) is 1.71. The van der Waals surface area contributed by atoms with Gasteiger partial charge in [-0.05, 0) is 37.8 Å². The van der Waals surface area contributed by atoms with Gasteiger partial charge in [0.05, 0.1) is 19.3 Å². The van der Waals surface area contributed by atoms with Gasteiger partial charge >= 0.3 is 0 Å². The Labute approximate surface area is 120 Å². The smallest absolute Gasteiger partial charge is 0.163 e. The molecule has 1 heterocycles. The minimum Gasteiger partial charge on any atom is -0.490 e. The SMILES string of the molecule is COC1CCCC(Nc2ccc3c(c2)OCCCO3)C1. The van der Waals surface area contributed by atoms with Crippen LogP contribution in [-0.2, 0) is 4.74 Å². The van der Waals surface area contributed by atoms with Crippen LogP contribution in [0.1, 0.15) is 32.1 Å². The highest BCUT2D eigenvalue weighted by atomic mass is 16.5. The second-order valence-electron chi connectivity index (χ2n) is 5.58. The van der Waals surface area contributed by atoms with E-state index in [0.717, 1.165) is 43.2 Å². The Kier molecular flexibility index (Phi) is 4.31. The molecule has 20 heavy (non-hydrogen) atoms. The van der Waals surface area contributed by atoms with Gasteiger partial charge in [-0.25, -0.2) is 0 Å². The molecule has 0 saturated heterocycles. The minimum atomic E-state index is 0.390. The van der Waals surface area contributed by atoms with Gasteiger partial charge in [0.1, 0.15) is 0 Å². The second kappa shape index (κ2) is 6.35. The van der Waals surface area contributed by atoms with Crippen LogP contribution in [0.25, 0.3) is 0 Å². The maximum atomic E-state index is 5.73. The third-order valence-corrected chi connectivity index (χ3v) is 4.08. The standard InChI is InChI=1S/C16H23NO3/c1-18-14-5-2-4-12(10-14)17-13-6-7-15-16(11-13)20-9-3-8-19-15/h6-7,11-12,14,17H,2-5,8-10H2,1H3. The molecule has 3 rings (SSSR count). The summed E-state index contributed by atoms with van der Waals surface area (Å²) in [6, 6.07) is 6.61. The van der Waals surface area contributed by atoms with E-state index in [0.29, 0.717) is 12.1 Å². The number of anilines is 1. The molecule has 0 spiro atoms. The van der Waals surface area contributed by atoms with Crippen LogP contribution >= 0.6 is 0 Å². The van der Waals surface area contributed by atoms with Gasteiger partial charge in [-0.2, -0.15) is 0 Å². The fourth-order valence-electron chi connectivity index (χ4n) is 2.98. The van der Waals surface area contributed by atoms with E-state index in [1.807, 2.05) is 6.07 Å². The minimum absolute atomic E-state index is 0.390. The first-order valence-electron chi connectivity index (χ1n) is 7.54. The van der Waals surface area contributed by atoms with Crippen molar-refractivity contribution >= 4 is 5.69 Å². The lowest BCUT2D eigenvalue weighted by molar-refractivity contribution is 0.0669. The highest BCUT2D eigenvalue weighted by Crippen LogP contribution is 2.33. The number of hydrogen-bond acceptors (Lipinski definition) is 4. The van der Waals surface area contributed by atoms with Crippen LogP contribution in [0.4, 0.5) is 5.69 Å². The normalized spacial score (nSPS) is 25.9. The summed E-state index contributed by atoms with van der Waals surface area (Å²) >= 11 is 0. The summed E-state index contributed by atoms with van der Waals surface area (Å²) in [7, 11) is 1.81. The number of methoxy groups -OCH3 is 1. The molecular weight excluding hydrogens is 254 g/mol. The van der Waals surface area contributed by atoms with Crippen molar-refractivity contribution in [2.24, 2.45) is 0 Å². The van der Waals surface area contributed by atoms with E-state index in [-0.39, 0.29) is 0 Å².